The summed E-state index contributed by atoms with van der Waals surface area (Å²) < 4.78 is 5.88. The van der Waals surface area contributed by atoms with Gasteiger partial charge in [0.15, 0.2) is 5.84 Å². The van der Waals surface area contributed by atoms with Crippen LogP contribution in [0.25, 0.3) is 0 Å². The molecule has 1 saturated heterocycles. The van der Waals surface area contributed by atoms with Crippen LogP contribution in [0.15, 0.2) is 17.2 Å². The smallest absolute Gasteiger partial charge is 0.262 e. The minimum Gasteiger partial charge on any atom is -0.483 e. The van der Waals surface area contributed by atoms with Crippen LogP contribution < -0.4 is 20.4 Å². The highest BCUT2D eigenvalue weighted by Crippen LogP contribution is 2.44. The Balaban J connectivity index is 1.79. The first-order valence-electron chi connectivity index (χ1n) is 8.54. The molecule has 0 saturated carbocycles. The van der Waals surface area contributed by atoms with Crippen LogP contribution in [0.5, 0.6) is 5.75 Å². The number of carbonyl (C=O) groups excluding carboxylic acids is 1. The Labute approximate surface area is 142 Å². The van der Waals surface area contributed by atoms with Crippen LogP contribution in [-0.4, -0.2) is 37.5 Å². The van der Waals surface area contributed by atoms with Crippen molar-refractivity contribution in [3.63, 3.8) is 0 Å². The summed E-state index contributed by atoms with van der Waals surface area (Å²) in [5, 5.41) is 7.55. The fraction of sp³-hybridized carbons (Fsp3) is 0.556. The van der Waals surface area contributed by atoms with Crippen molar-refractivity contribution in [2.75, 3.05) is 24.6 Å². The van der Waals surface area contributed by atoms with Crippen LogP contribution in [0.1, 0.15) is 37.8 Å². The van der Waals surface area contributed by atoms with Crippen LogP contribution in [-0.2, 0) is 4.79 Å². The molecule has 2 N–H and O–H groups in total. The van der Waals surface area contributed by atoms with Crippen molar-refractivity contribution in [3.05, 3.63) is 23.3 Å². The molecule has 3 aliphatic heterocycles. The second kappa shape index (κ2) is 5.21. The Morgan fingerprint density at radius 1 is 1.42 bits per heavy atom. The number of nitrogens with one attached hydrogen (secondary N) is 2. The van der Waals surface area contributed by atoms with Crippen molar-refractivity contribution in [1.82, 2.24) is 10.7 Å². The van der Waals surface area contributed by atoms with Gasteiger partial charge in [-0.2, -0.15) is 5.10 Å². The van der Waals surface area contributed by atoms with E-state index >= 15 is 0 Å². The van der Waals surface area contributed by atoms with Gasteiger partial charge in [0.2, 0.25) is 0 Å². The molecule has 3 heterocycles. The summed E-state index contributed by atoms with van der Waals surface area (Å²) in [4.78, 5) is 14.1. The molecule has 0 unspecified atom stereocenters. The van der Waals surface area contributed by atoms with E-state index < -0.39 is 0 Å². The van der Waals surface area contributed by atoms with Gasteiger partial charge in [-0.25, -0.2) is 5.43 Å². The highest BCUT2D eigenvalue weighted by molar-refractivity contribution is 6.09. The number of rotatable bonds is 2. The largest absolute Gasteiger partial charge is 0.483 e. The number of hydrazone groups is 1. The number of carbonyl (C=O) groups is 1. The Bertz CT molecular complexity index is 739. The Morgan fingerprint density at radius 2 is 2.17 bits per heavy atom. The minimum atomic E-state index is -0.285. The molecule has 4 rings (SSSR count). The number of ether oxygens (including phenoxy) is 1. The highest BCUT2D eigenvalue weighted by Gasteiger charge is 2.40. The zero-order valence-electron chi connectivity index (χ0n) is 14.6. The van der Waals surface area contributed by atoms with Gasteiger partial charge in [-0.15, -0.1) is 0 Å². The van der Waals surface area contributed by atoms with E-state index in [2.05, 4.69) is 48.7 Å². The Morgan fingerprint density at radius 3 is 2.83 bits per heavy atom. The molecule has 2 atom stereocenters. The number of amides is 1. The van der Waals surface area contributed by atoms with Gasteiger partial charge in [-0.05, 0) is 48.4 Å². The lowest BCUT2D eigenvalue weighted by atomic mass is 9.69. The van der Waals surface area contributed by atoms with Crippen molar-refractivity contribution in [2.24, 2.45) is 10.5 Å². The lowest BCUT2D eigenvalue weighted by Crippen LogP contribution is -2.55. The predicted molar refractivity (Wildman–Crippen MR) is 93.6 cm³/mol. The van der Waals surface area contributed by atoms with Crippen LogP contribution >= 0.6 is 0 Å². The quantitative estimate of drug-likeness (QED) is 0.868. The predicted octanol–water partition coefficient (Wildman–Crippen LogP) is 1.74. The van der Waals surface area contributed by atoms with Gasteiger partial charge in [-0.1, -0.05) is 13.8 Å². The van der Waals surface area contributed by atoms with Crippen molar-refractivity contribution in [1.29, 1.82) is 0 Å². The lowest BCUT2D eigenvalue weighted by molar-refractivity contribution is -0.122. The average molecular weight is 328 g/mol. The van der Waals surface area contributed by atoms with E-state index in [1.165, 1.54) is 11.1 Å². The molecule has 1 aromatic carbocycles. The molecule has 6 nitrogen and oxygen atoms in total. The number of benzene rings is 1. The molecular formula is C18H24N4O2. The van der Waals surface area contributed by atoms with Gasteiger partial charge in [0.05, 0.1) is 5.69 Å². The maximum Gasteiger partial charge on any atom is 0.262 e. The van der Waals surface area contributed by atoms with E-state index in [9.17, 15) is 4.79 Å². The molecule has 3 aliphatic rings. The zero-order valence-corrected chi connectivity index (χ0v) is 14.6. The average Bonchev–Trinajstić information content (AvgIpc) is 2.54. The summed E-state index contributed by atoms with van der Waals surface area (Å²) in [6.07, 6.45) is 0. The van der Waals surface area contributed by atoms with Crippen LogP contribution in [0, 0.1) is 12.3 Å². The molecule has 1 fully saturated rings. The van der Waals surface area contributed by atoms with Gasteiger partial charge >= 0.3 is 0 Å². The molecule has 0 spiro atoms. The monoisotopic (exact) mass is 328 g/mol. The number of aryl methyl sites for hydroxylation is 1. The van der Waals surface area contributed by atoms with E-state index in [1.54, 1.807) is 0 Å². The van der Waals surface area contributed by atoms with E-state index in [1.807, 2.05) is 11.8 Å². The summed E-state index contributed by atoms with van der Waals surface area (Å²) in [6.45, 7) is 11.1. The van der Waals surface area contributed by atoms with Crippen LogP contribution in [0.4, 0.5) is 5.69 Å². The zero-order chi connectivity index (χ0) is 17.1. The van der Waals surface area contributed by atoms with E-state index in [4.69, 9.17) is 4.74 Å². The van der Waals surface area contributed by atoms with E-state index in [0.717, 1.165) is 30.4 Å². The third-order valence-corrected chi connectivity index (χ3v) is 5.87. The first-order chi connectivity index (χ1) is 11.4. The fourth-order valence-electron chi connectivity index (χ4n) is 3.86. The van der Waals surface area contributed by atoms with Crippen molar-refractivity contribution in [2.45, 2.75) is 39.7 Å². The molecule has 1 aromatic rings. The van der Waals surface area contributed by atoms with Crippen LogP contribution in [0.2, 0.25) is 0 Å². The standard InChI is InChI=1S/C18H24N4O2/c1-10-5-15-14(6-13(10)11(2)18(4)8-19-9-18)22-12(3)17(23)21-20-16(22)7-24-15/h5-6,11-12,19H,7-9H2,1-4H3,(H,21,23)/t11-,12+/m0/s1. The van der Waals surface area contributed by atoms with Gasteiger partial charge < -0.3 is 15.0 Å². The van der Waals surface area contributed by atoms with Gasteiger partial charge in [0.1, 0.15) is 18.4 Å². The second-order valence-corrected chi connectivity index (χ2v) is 7.49. The highest BCUT2D eigenvalue weighted by atomic mass is 16.5. The summed E-state index contributed by atoms with van der Waals surface area (Å²) >= 11 is 0. The number of nitrogens with zero attached hydrogens (tertiary/aromatic N) is 2. The number of amidine groups is 1. The molecule has 1 amide bonds. The SMILES string of the molecule is Cc1cc2c(cc1[C@H](C)C1(C)CNC1)N1C(=NNC(=O)[C@H]1C)CO2. The number of fused-ring (bicyclic) bond motifs is 3. The molecule has 24 heavy (non-hydrogen) atoms. The maximum absolute atomic E-state index is 12.1. The Hall–Kier alpha value is -2.08. The summed E-state index contributed by atoms with van der Waals surface area (Å²) in [6, 6.07) is 4.02. The normalized spacial score (nSPS) is 25.5. The molecule has 6 heteroatoms. The summed E-state index contributed by atoms with van der Waals surface area (Å²) in [5.41, 5.74) is 6.36. The molecule has 0 radical (unpaired) electrons. The number of hydrogen-bond donors (Lipinski definition) is 2. The molecule has 0 aromatic heterocycles. The molecule has 0 aliphatic carbocycles. The van der Waals surface area contributed by atoms with Gasteiger partial charge in [-0.3, -0.25) is 4.79 Å². The first-order valence-corrected chi connectivity index (χ1v) is 8.54. The topological polar surface area (TPSA) is 66.0 Å². The van der Waals surface area contributed by atoms with Gasteiger partial charge in [0, 0.05) is 13.1 Å². The Kier molecular flexibility index (Phi) is 3.35. The lowest BCUT2D eigenvalue weighted by Gasteiger charge is -2.45. The molecule has 0 bridgehead atoms. The van der Waals surface area contributed by atoms with Crippen LogP contribution in [0.3, 0.4) is 0 Å². The molecule has 128 valence electrons. The molecular weight excluding hydrogens is 304 g/mol. The van der Waals surface area contributed by atoms with E-state index in [0.29, 0.717) is 12.5 Å². The maximum atomic E-state index is 12.1. The number of hydrogen-bond acceptors (Lipinski definition) is 5. The summed E-state index contributed by atoms with van der Waals surface area (Å²) in [7, 11) is 0. The fourth-order valence-corrected chi connectivity index (χ4v) is 3.86. The number of anilines is 1. The van der Waals surface area contributed by atoms with Crippen molar-refractivity contribution >= 4 is 17.4 Å². The third-order valence-electron chi connectivity index (χ3n) is 5.87. The third kappa shape index (κ3) is 2.13. The van der Waals surface area contributed by atoms with Crippen molar-refractivity contribution in [3.8, 4) is 5.75 Å². The second-order valence-electron chi connectivity index (χ2n) is 7.49. The van der Waals surface area contributed by atoms with Gasteiger partial charge in [0.25, 0.3) is 5.91 Å². The van der Waals surface area contributed by atoms with Crippen molar-refractivity contribution < 1.29 is 9.53 Å². The summed E-state index contributed by atoms with van der Waals surface area (Å²) in [5.74, 6) is 1.94. The van der Waals surface area contributed by atoms with E-state index in [-0.39, 0.29) is 17.4 Å². The first kappa shape index (κ1) is 15.4. The minimum absolute atomic E-state index is 0.0862.